The van der Waals surface area contributed by atoms with Crippen LogP contribution in [0.5, 0.6) is 0 Å². The van der Waals surface area contributed by atoms with Crippen LogP contribution in [0, 0.1) is 5.92 Å². The van der Waals surface area contributed by atoms with E-state index >= 15 is 0 Å². The predicted octanol–water partition coefficient (Wildman–Crippen LogP) is 4.59. The first kappa shape index (κ1) is 17.7. The minimum absolute atomic E-state index is 0.00185. The molecule has 1 fully saturated rings. The Balaban J connectivity index is 1.34. The Kier molecular flexibility index (Phi) is 5.21. The summed E-state index contributed by atoms with van der Waals surface area (Å²) in [5.41, 5.74) is 1.99. The zero-order valence-corrected chi connectivity index (χ0v) is 15.5. The number of benzene rings is 2. The molecule has 0 spiro atoms. The number of halogens is 1. The van der Waals surface area contributed by atoms with Gasteiger partial charge in [0.05, 0.1) is 6.04 Å². The van der Waals surface area contributed by atoms with Crippen LogP contribution in [0.4, 0.5) is 0 Å². The monoisotopic (exact) mass is 381 g/mol. The maximum atomic E-state index is 12.4. The molecule has 1 aliphatic rings. The summed E-state index contributed by atoms with van der Waals surface area (Å²) < 4.78 is 5.28. The van der Waals surface area contributed by atoms with Crippen molar-refractivity contribution < 1.29 is 9.32 Å². The van der Waals surface area contributed by atoms with E-state index in [9.17, 15) is 4.79 Å². The van der Waals surface area contributed by atoms with E-state index in [4.69, 9.17) is 16.1 Å². The molecule has 0 aliphatic heterocycles. The fourth-order valence-corrected chi connectivity index (χ4v) is 3.23. The van der Waals surface area contributed by atoms with E-state index < -0.39 is 0 Å². The number of aryl methyl sites for hydroxylation is 1. The predicted molar refractivity (Wildman–Crippen MR) is 103 cm³/mol. The molecule has 1 aliphatic carbocycles. The van der Waals surface area contributed by atoms with E-state index in [1.165, 1.54) is 0 Å². The number of carbonyl (C=O) groups excluding carboxylic acids is 1. The SMILES string of the molecule is O=C(CCc1nc(-c2ccc(Cl)cc2)no1)NC(c1ccccc1)C1CC1. The van der Waals surface area contributed by atoms with Gasteiger partial charge in [-0.3, -0.25) is 4.79 Å². The second-order valence-corrected chi connectivity index (χ2v) is 7.25. The van der Waals surface area contributed by atoms with Crippen molar-refractivity contribution in [3.63, 3.8) is 0 Å². The number of amides is 1. The van der Waals surface area contributed by atoms with Crippen molar-refractivity contribution in [1.29, 1.82) is 0 Å². The number of hydrogen-bond acceptors (Lipinski definition) is 4. The topological polar surface area (TPSA) is 68.0 Å². The molecule has 27 heavy (non-hydrogen) atoms. The largest absolute Gasteiger partial charge is 0.349 e. The summed E-state index contributed by atoms with van der Waals surface area (Å²) in [6, 6.07) is 17.5. The Hall–Kier alpha value is -2.66. The molecule has 1 saturated carbocycles. The second-order valence-electron chi connectivity index (χ2n) is 6.81. The molecule has 3 aromatic rings. The van der Waals surface area contributed by atoms with Crippen molar-refractivity contribution in [3.05, 3.63) is 71.1 Å². The highest BCUT2D eigenvalue weighted by molar-refractivity contribution is 6.30. The van der Waals surface area contributed by atoms with Crippen LogP contribution >= 0.6 is 11.6 Å². The van der Waals surface area contributed by atoms with Crippen LogP contribution in [0.25, 0.3) is 11.4 Å². The van der Waals surface area contributed by atoms with Gasteiger partial charge in [-0.25, -0.2) is 0 Å². The van der Waals surface area contributed by atoms with Crippen molar-refractivity contribution in [2.24, 2.45) is 5.92 Å². The third-order valence-corrected chi connectivity index (χ3v) is 4.96. The molecule has 1 aromatic heterocycles. The van der Waals surface area contributed by atoms with Gasteiger partial charge in [-0.15, -0.1) is 0 Å². The van der Waals surface area contributed by atoms with E-state index in [0.29, 0.717) is 35.5 Å². The minimum atomic E-state index is 0.00185. The zero-order valence-electron chi connectivity index (χ0n) is 14.8. The molecule has 5 nitrogen and oxygen atoms in total. The van der Waals surface area contributed by atoms with Gasteiger partial charge in [0.1, 0.15) is 0 Å². The van der Waals surface area contributed by atoms with Crippen LogP contribution in [0.2, 0.25) is 5.02 Å². The van der Waals surface area contributed by atoms with Crippen molar-refractivity contribution in [2.45, 2.75) is 31.7 Å². The van der Waals surface area contributed by atoms with Gasteiger partial charge in [0, 0.05) is 23.4 Å². The molecular weight excluding hydrogens is 362 g/mol. The van der Waals surface area contributed by atoms with Gasteiger partial charge in [-0.1, -0.05) is 47.1 Å². The maximum absolute atomic E-state index is 12.4. The molecule has 0 bridgehead atoms. The average Bonchev–Trinajstić information content (AvgIpc) is 3.43. The lowest BCUT2D eigenvalue weighted by molar-refractivity contribution is -0.122. The van der Waals surface area contributed by atoms with Crippen molar-refractivity contribution in [2.75, 3.05) is 0 Å². The van der Waals surface area contributed by atoms with Gasteiger partial charge < -0.3 is 9.84 Å². The zero-order chi connectivity index (χ0) is 18.6. The Morgan fingerprint density at radius 2 is 1.89 bits per heavy atom. The molecule has 0 saturated heterocycles. The van der Waals surface area contributed by atoms with Crippen LogP contribution in [0.1, 0.15) is 36.8 Å². The Labute approximate surface area is 162 Å². The number of rotatable bonds is 7. The summed E-state index contributed by atoms with van der Waals surface area (Å²) in [5, 5.41) is 7.80. The number of carbonyl (C=O) groups is 1. The summed E-state index contributed by atoms with van der Waals surface area (Å²) in [5.74, 6) is 1.50. The van der Waals surface area contributed by atoms with Gasteiger partial charge in [-0.05, 0) is 48.6 Å². The molecule has 1 atom stereocenters. The van der Waals surface area contributed by atoms with Crippen molar-refractivity contribution in [1.82, 2.24) is 15.5 Å². The van der Waals surface area contributed by atoms with E-state index in [2.05, 4.69) is 27.6 Å². The minimum Gasteiger partial charge on any atom is -0.349 e. The number of nitrogens with zero attached hydrogens (tertiary/aromatic N) is 2. The third-order valence-electron chi connectivity index (χ3n) is 4.71. The van der Waals surface area contributed by atoms with Gasteiger partial charge in [0.25, 0.3) is 0 Å². The fourth-order valence-electron chi connectivity index (χ4n) is 3.10. The smallest absolute Gasteiger partial charge is 0.227 e. The molecule has 1 amide bonds. The van der Waals surface area contributed by atoms with Gasteiger partial charge >= 0.3 is 0 Å². The molecule has 2 aromatic carbocycles. The maximum Gasteiger partial charge on any atom is 0.227 e. The third kappa shape index (κ3) is 4.55. The highest BCUT2D eigenvalue weighted by Gasteiger charge is 2.33. The van der Waals surface area contributed by atoms with Gasteiger partial charge in [-0.2, -0.15) is 4.98 Å². The number of nitrogens with one attached hydrogen (secondary N) is 1. The first-order valence-electron chi connectivity index (χ1n) is 9.12. The summed E-state index contributed by atoms with van der Waals surface area (Å²) in [4.78, 5) is 16.8. The molecule has 1 unspecified atom stereocenters. The summed E-state index contributed by atoms with van der Waals surface area (Å²) in [6.45, 7) is 0. The van der Waals surface area contributed by atoms with Crippen LogP contribution in [0.15, 0.2) is 59.1 Å². The lowest BCUT2D eigenvalue weighted by atomic mass is 10.0. The molecule has 1 heterocycles. The number of hydrogen-bond donors (Lipinski definition) is 1. The van der Waals surface area contributed by atoms with Crippen LogP contribution in [0.3, 0.4) is 0 Å². The lowest BCUT2D eigenvalue weighted by Crippen LogP contribution is -2.30. The highest BCUT2D eigenvalue weighted by atomic mass is 35.5. The van der Waals surface area contributed by atoms with E-state index in [1.807, 2.05) is 30.3 Å². The molecule has 138 valence electrons. The molecule has 0 radical (unpaired) electrons. The Morgan fingerprint density at radius 1 is 1.15 bits per heavy atom. The van der Waals surface area contributed by atoms with Crippen LogP contribution in [-0.2, 0) is 11.2 Å². The average molecular weight is 382 g/mol. The van der Waals surface area contributed by atoms with Gasteiger partial charge in [0.2, 0.25) is 17.6 Å². The van der Waals surface area contributed by atoms with Gasteiger partial charge in [0.15, 0.2) is 0 Å². The summed E-state index contributed by atoms with van der Waals surface area (Å²) in [7, 11) is 0. The van der Waals surface area contributed by atoms with Crippen LogP contribution in [-0.4, -0.2) is 16.0 Å². The summed E-state index contributed by atoms with van der Waals surface area (Å²) in [6.07, 6.45) is 3.05. The lowest BCUT2D eigenvalue weighted by Gasteiger charge is -2.18. The standard InChI is InChI=1S/C21H20ClN3O2/c22-17-10-8-16(9-11-17)21-24-19(27-25-21)13-12-18(26)23-20(15-6-7-15)14-4-2-1-3-5-14/h1-5,8-11,15,20H,6-7,12-13H2,(H,23,26). The van der Waals surface area contributed by atoms with E-state index in [-0.39, 0.29) is 11.9 Å². The van der Waals surface area contributed by atoms with Crippen molar-refractivity contribution >= 4 is 17.5 Å². The second kappa shape index (κ2) is 7.92. The highest BCUT2D eigenvalue weighted by Crippen LogP contribution is 2.40. The quantitative estimate of drug-likeness (QED) is 0.649. The Morgan fingerprint density at radius 3 is 2.59 bits per heavy atom. The summed E-state index contributed by atoms with van der Waals surface area (Å²) >= 11 is 5.89. The molecule has 1 N–H and O–H groups in total. The molecule has 4 rings (SSSR count). The normalized spacial score (nSPS) is 14.7. The van der Waals surface area contributed by atoms with E-state index in [0.717, 1.165) is 24.0 Å². The van der Waals surface area contributed by atoms with Crippen molar-refractivity contribution in [3.8, 4) is 11.4 Å². The first-order valence-corrected chi connectivity index (χ1v) is 9.49. The first-order chi connectivity index (χ1) is 13.2. The Bertz CT molecular complexity index is 905. The van der Waals surface area contributed by atoms with Crippen LogP contribution < -0.4 is 5.32 Å². The molecule has 6 heteroatoms. The molecular formula is C21H20ClN3O2. The number of aromatic nitrogens is 2. The van der Waals surface area contributed by atoms with E-state index in [1.54, 1.807) is 12.1 Å². The fraction of sp³-hybridized carbons (Fsp3) is 0.286.